The van der Waals surface area contributed by atoms with Gasteiger partial charge in [-0.25, -0.2) is 8.42 Å². The van der Waals surface area contributed by atoms with Crippen LogP contribution in [0.25, 0.3) is 0 Å². The van der Waals surface area contributed by atoms with Gasteiger partial charge in [0.2, 0.25) is 15.9 Å². The number of piperazine rings is 1. The van der Waals surface area contributed by atoms with Crippen molar-refractivity contribution in [1.29, 1.82) is 0 Å². The molecular weight excluding hydrogens is 451 g/mol. The molecule has 0 bridgehead atoms. The number of thiophene rings is 1. The van der Waals surface area contributed by atoms with Crippen LogP contribution in [0.4, 0.5) is 18.9 Å². The zero-order chi connectivity index (χ0) is 23.0. The first-order valence-corrected chi connectivity index (χ1v) is 11.9. The molecule has 1 fully saturated rings. The predicted molar refractivity (Wildman–Crippen MR) is 114 cm³/mol. The lowest BCUT2D eigenvalue weighted by molar-refractivity contribution is -0.137. The monoisotopic (exact) mass is 475 g/mol. The minimum absolute atomic E-state index is 0.202. The molecule has 1 aromatic carbocycles. The molecule has 1 N–H and O–H groups in total. The zero-order valence-corrected chi connectivity index (χ0v) is 19.0. The van der Waals surface area contributed by atoms with E-state index in [0.717, 1.165) is 15.8 Å². The number of carbonyl (C=O) groups excluding carboxylic acids is 1. The minimum Gasteiger partial charge on any atom is -0.324 e. The number of halogens is 3. The van der Waals surface area contributed by atoms with Crippen molar-refractivity contribution < 1.29 is 26.4 Å². The molecular formula is C20H24F3N3O3S2. The summed E-state index contributed by atoms with van der Waals surface area (Å²) in [7, 11) is -3.62. The standard InChI is InChI=1S/C20H24F3N3O3S2/c1-13-12-18(15(3)30-13)31(28,29)26-10-8-25(9-11-26)14(2)19(27)24-17-7-5-4-6-16(17)20(21,22)23/h4-7,12,14H,8-11H2,1-3H3,(H,24,27). The summed E-state index contributed by atoms with van der Waals surface area (Å²) in [6.45, 7) is 6.23. The molecule has 0 radical (unpaired) electrons. The van der Waals surface area contributed by atoms with E-state index >= 15 is 0 Å². The van der Waals surface area contributed by atoms with Crippen molar-refractivity contribution in [3.63, 3.8) is 0 Å². The molecule has 1 atom stereocenters. The molecule has 0 aliphatic carbocycles. The van der Waals surface area contributed by atoms with E-state index in [1.165, 1.54) is 33.8 Å². The van der Waals surface area contributed by atoms with E-state index in [9.17, 15) is 26.4 Å². The van der Waals surface area contributed by atoms with E-state index in [1.807, 2.05) is 6.92 Å². The Labute approximate surface area is 183 Å². The third-order valence-electron chi connectivity index (χ3n) is 5.30. The Morgan fingerprint density at radius 2 is 1.74 bits per heavy atom. The summed E-state index contributed by atoms with van der Waals surface area (Å²) in [6, 6.07) is 5.76. The van der Waals surface area contributed by atoms with Crippen LogP contribution in [0.3, 0.4) is 0 Å². The van der Waals surface area contributed by atoms with Crippen LogP contribution in [0, 0.1) is 13.8 Å². The van der Waals surface area contributed by atoms with Crippen molar-refractivity contribution in [2.24, 2.45) is 0 Å². The summed E-state index contributed by atoms with van der Waals surface area (Å²) in [5.41, 5.74) is -1.20. The van der Waals surface area contributed by atoms with Crippen LogP contribution < -0.4 is 5.32 Å². The second-order valence-electron chi connectivity index (χ2n) is 7.43. The van der Waals surface area contributed by atoms with E-state index in [-0.39, 0.29) is 18.8 Å². The summed E-state index contributed by atoms with van der Waals surface area (Å²) in [4.78, 5) is 16.3. The Morgan fingerprint density at radius 1 is 1.13 bits per heavy atom. The van der Waals surface area contributed by atoms with Crippen molar-refractivity contribution in [2.75, 3.05) is 31.5 Å². The number of nitrogens with zero attached hydrogens (tertiary/aromatic N) is 2. The molecule has 3 rings (SSSR count). The first kappa shape index (κ1) is 23.7. The molecule has 6 nitrogen and oxygen atoms in total. The van der Waals surface area contributed by atoms with E-state index < -0.39 is 33.7 Å². The lowest BCUT2D eigenvalue weighted by atomic mass is 10.1. The summed E-state index contributed by atoms with van der Waals surface area (Å²) in [6.07, 6.45) is -4.58. The summed E-state index contributed by atoms with van der Waals surface area (Å²) in [5.74, 6) is -0.572. The smallest absolute Gasteiger partial charge is 0.324 e. The van der Waals surface area contributed by atoms with Crippen molar-refractivity contribution in [3.05, 3.63) is 45.6 Å². The van der Waals surface area contributed by atoms with Gasteiger partial charge in [-0.05, 0) is 39.0 Å². The Balaban J connectivity index is 1.65. The number of anilines is 1. The quantitative estimate of drug-likeness (QED) is 0.716. The minimum atomic E-state index is -4.58. The van der Waals surface area contributed by atoms with Crippen LogP contribution in [0.15, 0.2) is 35.2 Å². The van der Waals surface area contributed by atoms with Gasteiger partial charge in [0.1, 0.15) is 0 Å². The van der Waals surface area contributed by atoms with Gasteiger partial charge in [0, 0.05) is 35.9 Å². The molecule has 1 aliphatic heterocycles. The molecule has 170 valence electrons. The zero-order valence-electron chi connectivity index (χ0n) is 17.4. The summed E-state index contributed by atoms with van der Waals surface area (Å²) >= 11 is 1.42. The van der Waals surface area contributed by atoms with Gasteiger partial charge in [-0.1, -0.05) is 12.1 Å². The number of alkyl halides is 3. The van der Waals surface area contributed by atoms with Crippen molar-refractivity contribution in [3.8, 4) is 0 Å². The highest BCUT2D eigenvalue weighted by Gasteiger charge is 2.36. The fraction of sp³-hybridized carbons (Fsp3) is 0.450. The van der Waals surface area contributed by atoms with Gasteiger partial charge in [0.05, 0.1) is 22.2 Å². The number of aryl methyl sites for hydroxylation is 2. The predicted octanol–water partition coefficient (Wildman–Crippen LogP) is 3.72. The number of amides is 1. The molecule has 31 heavy (non-hydrogen) atoms. The normalized spacial score (nSPS) is 17.5. The van der Waals surface area contributed by atoms with Crippen LogP contribution >= 0.6 is 11.3 Å². The Morgan fingerprint density at radius 3 is 2.29 bits per heavy atom. The maximum absolute atomic E-state index is 13.2. The molecule has 1 amide bonds. The largest absolute Gasteiger partial charge is 0.418 e. The maximum Gasteiger partial charge on any atom is 0.418 e. The van der Waals surface area contributed by atoms with Crippen LogP contribution in [-0.2, 0) is 21.0 Å². The average Bonchev–Trinajstić information content (AvgIpc) is 3.06. The van der Waals surface area contributed by atoms with Gasteiger partial charge < -0.3 is 5.32 Å². The van der Waals surface area contributed by atoms with E-state index in [0.29, 0.717) is 18.0 Å². The lowest BCUT2D eigenvalue weighted by Gasteiger charge is -2.36. The molecule has 1 aliphatic rings. The molecule has 1 aromatic heterocycles. The number of nitrogens with one attached hydrogen (secondary N) is 1. The highest BCUT2D eigenvalue weighted by Crippen LogP contribution is 2.34. The molecule has 0 spiro atoms. The third kappa shape index (κ3) is 5.11. The summed E-state index contributed by atoms with van der Waals surface area (Å²) < 4.78 is 66.7. The number of sulfonamides is 1. The fourth-order valence-electron chi connectivity index (χ4n) is 3.58. The van der Waals surface area contributed by atoms with Gasteiger partial charge in [-0.15, -0.1) is 11.3 Å². The number of rotatable bonds is 5. The number of benzene rings is 1. The highest BCUT2D eigenvalue weighted by molar-refractivity contribution is 7.89. The van der Waals surface area contributed by atoms with Crippen LogP contribution in [0.2, 0.25) is 0 Å². The van der Waals surface area contributed by atoms with Gasteiger partial charge in [-0.3, -0.25) is 9.69 Å². The highest BCUT2D eigenvalue weighted by atomic mass is 32.2. The second-order valence-corrected chi connectivity index (χ2v) is 10.8. The Kier molecular flexibility index (Phi) is 6.80. The van der Waals surface area contributed by atoms with Gasteiger partial charge in [-0.2, -0.15) is 17.5 Å². The Bertz CT molecular complexity index is 1060. The molecule has 11 heteroatoms. The van der Waals surface area contributed by atoms with Crippen LogP contribution in [-0.4, -0.2) is 55.8 Å². The fourth-order valence-corrected chi connectivity index (χ4v) is 6.52. The molecule has 2 heterocycles. The van der Waals surface area contributed by atoms with Gasteiger partial charge >= 0.3 is 6.18 Å². The van der Waals surface area contributed by atoms with Crippen molar-refractivity contribution >= 4 is 33.0 Å². The first-order chi connectivity index (χ1) is 14.4. The maximum atomic E-state index is 13.2. The molecule has 2 aromatic rings. The average molecular weight is 476 g/mol. The van der Waals surface area contributed by atoms with E-state index in [2.05, 4.69) is 5.32 Å². The first-order valence-electron chi connectivity index (χ1n) is 9.69. The number of hydrogen-bond donors (Lipinski definition) is 1. The number of para-hydroxylation sites is 1. The SMILES string of the molecule is Cc1cc(S(=O)(=O)N2CCN(C(C)C(=O)Nc3ccccc3C(F)(F)F)CC2)c(C)s1. The van der Waals surface area contributed by atoms with E-state index in [1.54, 1.807) is 24.8 Å². The number of carbonyl (C=O) groups is 1. The second kappa shape index (κ2) is 8.89. The van der Waals surface area contributed by atoms with Gasteiger partial charge in [0.15, 0.2) is 0 Å². The third-order valence-corrected chi connectivity index (χ3v) is 8.42. The topological polar surface area (TPSA) is 69.7 Å². The van der Waals surface area contributed by atoms with Crippen LogP contribution in [0.1, 0.15) is 22.2 Å². The summed E-state index contributed by atoms with van der Waals surface area (Å²) in [5, 5.41) is 2.36. The van der Waals surface area contributed by atoms with E-state index in [4.69, 9.17) is 0 Å². The Hall–Kier alpha value is -1.95. The number of hydrogen-bond acceptors (Lipinski definition) is 5. The van der Waals surface area contributed by atoms with Crippen molar-refractivity contribution in [1.82, 2.24) is 9.21 Å². The van der Waals surface area contributed by atoms with Crippen LogP contribution in [0.5, 0.6) is 0 Å². The van der Waals surface area contributed by atoms with Crippen molar-refractivity contribution in [2.45, 2.75) is 37.9 Å². The lowest BCUT2D eigenvalue weighted by Crippen LogP contribution is -2.54. The molecule has 1 saturated heterocycles. The molecule has 0 saturated carbocycles. The molecule has 1 unspecified atom stereocenters. The van der Waals surface area contributed by atoms with Gasteiger partial charge in [0.25, 0.3) is 0 Å².